The molecule has 0 spiro atoms. The summed E-state index contributed by atoms with van der Waals surface area (Å²) < 4.78 is 19.6. The largest absolute Gasteiger partial charge is 0.398 e. The predicted molar refractivity (Wildman–Crippen MR) is 64.5 cm³/mol. The summed E-state index contributed by atoms with van der Waals surface area (Å²) in [5.74, 6) is -0.537. The zero-order valence-electron chi connectivity index (χ0n) is 9.97. The predicted octanol–water partition coefficient (Wildman–Crippen LogP) is -0.575. The quantitative estimate of drug-likeness (QED) is 0.532. The van der Waals surface area contributed by atoms with Crippen molar-refractivity contribution in [1.29, 1.82) is 0 Å². The van der Waals surface area contributed by atoms with E-state index in [-0.39, 0.29) is 0 Å². The van der Waals surface area contributed by atoms with Gasteiger partial charge in [-0.2, -0.15) is 4.98 Å². The highest BCUT2D eigenvalue weighted by atomic mass is 16.5. The van der Waals surface area contributed by atoms with Crippen molar-refractivity contribution < 1.29 is 17.8 Å². The van der Waals surface area contributed by atoms with Crippen molar-refractivity contribution in [1.82, 2.24) is 9.56 Å². The van der Waals surface area contributed by atoms with Crippen molar-refractivity contribution in [3.8, 4) is 0 Å². The standard InChI is InChI=1S/C11H4N2O8/c14-5-1-2-6(15)19-10-9(18-5)12-11-13(10)21-8(17)4-3-7(16)20-11/h1-4H. The van der Waals surface area contributed by atoms with Crippen molar-refractivity contribution in [3.05, 3.63) is 65.9 Å². The van der Waals surface area contributed by atoms with Crippen LogP contribution in [-0.2, 0) is 0 Å². The minimum Gasteiger partial charge on any atom is -0.398 e. The van der Waals surface area contributed by atoms with Crippen molar-refractivity contribution in [3.63, 3.8) is 0 Å². The van der Waals surface area contributed by atoms with E-state index in [4.69, 9.17) is 17.8 Å². The Bertz CT molecular complexity index is 1040. The third-order valence-corrected chi connectivity index (χ3v) is 2.22. The normalized spacial score (nSPS) is 10.7. The molecular formula is C11H4N2O8. The molecular weight excluding hydrogens is 288 g/mol. The first-order chi connectivity index (χ1) is 10.0. The fourth-order valence-electron chi connectivity index (χ4n) is 1.43. The van der Waals surface area contributed by atoms with Gasteiger partial charge in [0.25, 0.3) is 5.71 Å². The number of hydrogen-bond acceptors (Lipinski definition) is 9. The van der Waals surface area contributed by atoms with Gasteiger partial charge < -0.3 is 17.8 Å². The van der Waals surface area contributed by atoms with Gasteiger partial charge in [-0.15, -0.1) is 0 Å². The number of imidazole rings is 1. The average molecular weight is 292 g/mol. The van der Waals surface area contributed by atoms with E-state index in [1.165, 1.54) is 0 Å². The zero-order chi connectivity index (χ0) is 15.0. The van der Waals surface area contributed by atoms with Gasteiger partial charge in [0.15, 0.2) is 0 Å². The molecule has 3 rings (SSSR count). The Balaban J connectivity index is 2.72. The van der Waals surface area contributed by atoms with Gasteiger partial charge in [-0.05, 0) is 0 Å². The molecule has 0 aromatic carbocycles. The molecule has 10 heteroatoms. The van der Waals surface area contributed by atoms with Crippen molar-refractivity contribution >= 4 is 17.3 Å². The van der Waals surface area contributed by atoms with Crippen LogP contribution >= 0.6 is 0 Å². The first kappa shape index (κ1) is 12.6. The van der Waals surface area contributed by atoms with Gasteiger partial charge in [-0.25, -0.2) is 19.2 Å². The number of fused-ring (bicyclic) bond motifs is 3. The summed E-state index contributed by atoms with van der Waals surface area (Å²) in [6.07, 6.45) is 0. The first-order valence-electron chi connectivity index (χ1n) is 5.39. The average Bonchev–Trinajstić information content (AvgIpc) is 2.68. The Morgan fingerprint density at radius 3 is 2.05 bits per heavy atom. The second-order valence-corrected chi connectivity index (χ2v) is 3.64. The van der Waals surface area contributed by atoms with Gasteiger partial charge in [-0.3, -0.25) is 0 Å². The fraction of sp³-hybridized carbons (Fsp3) is 0. The van der Waals surface area contributed by atoms with E-state index in [0.717, 1.165) is 24.3 Å². The number of rotatable bonds is 0. The molecule has 0 aliphatic rings. The molecule has 0 saturated carbocycles. The molecule has 0 saturated heterocycles. The van der Waals surface area contributed by atoms with Crippen molar-refractivity contribution in [2.24, 2.45) is 0 Å². The van der Waals surface area contributed by atoms with Crippen molar-refractivity contribution in [2.45, 2.75) is 0 Å². The minimum absolute atomic E-state index is 0.491. The molecule has 3 aromatic rings. The first-order valence-corrected chi connectivity index (χ1v) is 5.39. The Morgan fingerprint density at radius 2 is 1.33 bits per heavy atom. The molecule has 0 amide bonds. The van der Waals surface area contributed by atoms with Crippen LogP contribution in [0.2, 0.25) is 0 Å². The topological polar surface area (TPSA) is 138 Å². The molecule has 0 aliphatic carbocycles. The van der Waals surface area contributed by atoms with E-state index in [9.17, 15) is 19.2 Å². The SMILES string of the molecule is O=c1ccc(=O)oc2c(nc3oc(=O)ccc(=O)on32)o1. The molecule has 0 N–H and O–H groups in total. The van der Waals surface area contributed by atoms with Crippen LogP contribution in [0.15, 0.2) is 61.2 Å². The summed E-state index contributed by atoms with van der Waals surface area (Å²) >= 11 is 0. The van der Waals surface area contributed by atoms with Gasteiger partial charge >= 0.3 is 34.1 Å². The highest BCUT2D eigenvalue weighted by Crippen LogP contribution is 2.09. The number of nitrogens with zero attached hydrogens (tertiary/aromatic N) is 2. The summed E-state index contributed by atoms with van der Waals surface area (Å²) in [5.41, 5.74) is -4.71. The molecule has 106 valence electrons. The lowest BCUT2D eigenvalue weighted by Crippen LogP contribution is -2.04. The van der Waals surface area contributed by atoms with Crippen molar-refractivity contribution in [2.75, 3.05) is 0 Å². The van der Waals surface area contributed by atoms with Gasteiger partial charge in [0.1, 0.15) is 0 Å². The van der Waals surface area contributed by atoms with E-state index in [1.807, 2.05) is 0 Å². The van der Waals surface area contributed by atoms with Crippen LogP contribution in [0.1, 0.15) is 0 Å². The van der Waals surface area contributed by atoms with Crippen LogP contribution in [0.5, 0.6) is 0 Å². The lowest BCUT2D eigenvalue weighted by molar-refractivity contribution is 0.308. The second-order valence-electron chi connectivity index (χ2n) is 3.64. The van der Waals surface area contributed by atoms with Crippen LogP contribution in [0.25, 0.3) is 17.3 Å². The lowest BCUT2D eigenvalue weighted by Gasteiger charge is -1.86. The van der Waals surface area contributed by atoms with Gasteiger partial charge in [0.05, 0.1) is 0 Å². The van der Waals surface area contributed by atoms with Crippen LogP contribution in [-0.4, -0.2) is 9.56 Å². The Kier molecular flexibility index (Phi) is 2.76. The lowest BCUT2D eigenvalue weighted by atomic mass is 10.6. The molecule has 3 aromatic heterocycles. The molecule has 0 atom stereocenters. The number of hydrogen-bond donors (Lipinski definition) is 0. The monoisotopic (exact) mass is 292 g/mol. The van der Waals surface area contributed by atoms with Crippen LogP contribution in [0.4, 0.5) is 0 Å². The summed E-state index contributed by atoms with van der Waals surface area (Å²) in [6.45, 7) is 0. The molecule has 0 bridgehead atoms. The second kappa shape index (κ2) is 4.59. The van der Waals surface area contributed by atoms with Gasteiger partial charge in [-0.1, -0.05) is 4.57 Å². The Labute approximate surface area is 111 Å². The summed E-state index contributed by atoms with van der Waals surface area (Å²) in [5, 5.41) is 0. The molecule has 21 heavy (non-hydrogen) atoms. The number of aromatic nitrogens is 2. The Hall–Kier alpha value is -3.43. The minimum atomic E-state index is -0.951. The maximum absolute atomic E-state index is 11.4. The van der Waals surface area contributed by atoms with E-state index < -0.39 is 39.8 Å². The van der Waals surface area contributed by atoms with Crippen LogP contribution in [0, 0.1) is 0 Å². The maximum Gasteiger partial charge on any atom is 0.357 e. The third-order valence-electron chi connectivity index (χ3n) is 2.22. The maximum atomic E-state index is 11.4. The van der Waals surface area contributed by atoms with Crippen LogP contribution < -0.4 is 22.5 Å². The van der Waals surface area contributed by atoms with E-state index in [1.54, 1.807) is 0 Å². The molecule has 0 aliphatic heterocycles. The molecule has 0 unspecified atom stereocenters. The molecule has 3 heterocycles. The highest BCUT2D eigenvalue weighted by Gasteiger charge is 2.12. The summed E-state index contributed by atoms with van der Waals surface area (Å²) in [7, 11) is 0. The Morgan fingerprint density at radius 1 is 0.762 bits per heavy atom. The fourth-order valence-corrected chi connectivity index (χ4v) is 1.43. The molecule has 0 radical (unpaired) electrons. The summed E-state index contributed by atoms with van der Waals surface area (Å²) in [6, 6.07) is 3.25. The van der Waals surface area contributed by atoms with Gasteiger partial charge in [0, 0.05) is 24.3 Å². The van der Waals surface area contributed by atoms with Crippen LogP contribution in [0.3, 0.4) is 0 Å². The van der Waals surface area contributed by atoms with Gasteiger partial charge in [0.2, 0.25) is 0 Å². The van der Waals surface area contributed by atoms with E-state index in [2.05, 4.69) is 4.98 Å². The zero-order valence-corrected chi connectivity index (χ0v) is 9.97. The third kappa shape index (κ3) is 2.36. The van der Waals surface area contributed by atoms with E-state index in [0.29, 0.717) is 4.57 Å². The highest BCUT2D eigenvalue weighted by molar-refractivity contribution is 5.63. The summed E-state index contributed by atoms with van der Waals surface area (Å²) in [4.78, 5) is 49.1. The van der Waals surface area contributed by atoms with E-state index >= 15 is 0 Å². The molecule has 0 fully saturated rings. The molecule has 10 nitrogen and oxygen atoms in total. The smallest absolute Gasteiger partial charge is 0.357 e.